The summed E-state index contributed by atoms with van der Waals surface area (Å²) in [4.78, 5) is 22.8. The van der Waals surface area contributed by atoms with Crippen LogP contribution in [0.2, 0.25) is 0 Å². The first-order valence-corrected chi connectivity index (χ1v) is 24.9. The molecule has 0 heterocycles. The fraction of sp³-hybridized carbons (Fsp3) is 0.978. The minimum atomic E-state index is -4.29. The Morgan fingerprint density at radius 3 is 1.24 bits per heavy atom. The Kier molecular flexibility index (Phi) is 37.7. The molecule has 324 valence electrons. The lowest BCUT2D eigenvalue weighted by molar-refractivity contribution is -0.870. The molecule has 0 aliphatic rings. The van der Waals surface area contributed by atoms with Crippen LogP contribution in [-0.4, -0.2) is 73.4 Å². The van der Waals surface area contributed by atoms with Crippen LogP contribution in [0.5, 0.6) is 0 Å². The Labute approximate surface area is 336 Å². The second kappa shape index (κ2) is 38.0. The maximum absolute atomic E-state index is 12.6. The molecule has 0 radical (unpaired) electrons. The Balaban J connectivity index is 3.84. The number of phosphoric ester groups is 1. The van der Waals surface area contributed by atoms with Crippen LogP contribution in [0.4, 0.5) is 0 Å². The molecule has 9 heteroatoms. The molecule has 0 rings (SSSR count). The van der Waals surface area contributed by atoms with Gasteiger partial charge in [-0.3, -0.25) is 13.8 Å². The first-order chi connectivity index (χ1) is 26.0. The summed E-state index contributed by atoms with van der Waals surface area (Å²) in [6, 6.07) is -0.750. The molecule has 0 aliphatic carbocycles. The molecule has 0 fully saturated rings. The van der Waals surface area contributed by atoms with Crippen molar-refractivity contribution in [3.8, 4) is 0 Å². The van der Waals surface area contributed by atoms with Gasteiger partial charge in [0.05, 0.1) is 39.9 Å². The van der Waals surface area contributed by atoms with Crippen LogP contribution in [-0.2, 0) is 18.4 Å². The van der Waals surface area contributed by atoms with E-state index in [4.69, 9.17) is 9.05 Å². The van der Waals surface area contributed by atoms with E-state index in [1.54, 1.807) is 0 Å². The molecule has 3 atom stereocenters. The number of quaternary nitrogens is 1. The average molecular weight is 790 g/mol. The van der Waals surface area contributed by atoms with Gasteiger partial charge in [0.2, 0.25) is 5.91 Å². The number of carbonyl (C=O) groups is 1. The fourth-order valence-corrected chi connectivity index (χ4v) is 7.84. The van der Waals surface area contributed by atoms with Crippen LogP contribution < -0.4 is 5.32 Å². The molecule has 8 nitrogen and oxygen atoms in total. The van der Waals surface area contributed by atoms with E-state index in [0.29, 0.717) is 23.9 Å². The maximum Gasteiger partial charge on any atom is 0.472 e. The van der Waals surface area contributed by atoms with Gasteiger partial charge in [-0.15, -0.1) is 0 Å². The number of rotatable bonds is 43. The number of nitrogens with zero attached hydrogens (tertiary/aromatic N) is 1. The van der Waals surface area contributed by atoms with Gasteiger partial charge < -0.3 is 19.8 Å². The van der Waals surface area contributed by atoms with Crippen molar-refractivity contribution in [3.63, 3.8) is 0 Å². The Hall–Kier alpha value is -0.500. The number of hydrogen-bond acceptors (Lipinski definition) is 5. The molecule has 0 aromatic rings. The van der Waals surface area contributed by atoms with Gasteiger partial charge in [-0.25, -0.2) is 4.57 Å². The fourth-order valence-electron chi connectivity index (χ4n) is 7.11. The molecule has 0 bridgehead atoms. The highest BCUT2D eigenvalue weighted by molar-refractivity contribution is 7.47. The lowest BCUT2D eigenvalue weighted by Crippen LogP contribution is -2.46. The van der Waals surface area contributed by atoms with Crippen molar-refractivity contribution in [3.05, 3.63) is 0 Å². The van der Waals surface area contributed by atoms with E-state index < -0.39 is 20.0 Å². The van der Waals surface area contributed by atoms with Gasteiger partial charge in [-0.1, -0.05) is 213 Å². The topological polar surface area (TPSA) is 105 Å². The summed E-state index contributed by atoms with van der Waals surface area (Å²) in [5.41, 5.74) is 0. The quantitative estimate of drug-likeness (QED) is 0.0323. The zero-order valence-electron chi connectivity index (χ0n) is 36.7. The van der Waals surface area contributed by atoms with Gasteiger partial charge in [0, 0.05) is 6.42 Å². The summed E-state index contributed by atoms with van der Waals surface area (Å²) in [6.07, 6.45) is 42.2. The lowest BCUT2D eigenvalue weighted by Gasteiger charge is -2.26. The van der Waals surface area contributed by atoms with Crippen LogP contribution in [0, 0.1) is 0 Å². The highest BCUT2D eigenvalue weighted by Crippen LogP contribution is 2.43. The van der Waals surface area contributed by atoms with Crippen molar-refractivity contribution in [2.24, 2.45) is 0 Å². The van der Waals surface area contributed by atoms with E-state index >= 15 is 0 Å². The van der Waals surface area contributed by atoms with Crippen molar-refractivity contribution in [2.75, 3.05) is 40.9 Å². The van der Waals surface area contributed by atoms with E-state index in [9.17, 15) is 19.4 Å². The van der Waals surface area contributed by atoms with Crippen molar-refractivity contribution in [1.29, 1.82) is 0 Å². The molecule has 0 aromatic heterocycles. The van der Waals surface area contributed by atoms with Crippen LogP contribution in [0.1, 0.15) is 232 Å². The molecule has 0 aliphatic heterocycles. The number of carbonyl (C=O) groups excluding carboxylic acids is 1. The zero-order chi connectivity index (χ0) is 40.0. The van der Waals surface area contributed by atoms with Gasteiger partial charge in [-0.05, 0) is 12.8 Å². The van der Waals surface area contributed by atoms with Crippen LogP contribution in [0.25, 0.3) is 0 Å². The molecule has 3 unspecified atom stereocenters. The van der Waals surface area contributed by atoms with E-state index in [1.165, 1.54) is 161 Å². The minimum Gasteiger partial charge on any atom is -0.391 e. The van der Waals surface area contributed by atoms with Crippen molar-refractivity contribution >= 4 is 13.7 Å². The molecular formula is C45H94N2O6P+. The number of phosphoric acid groups is 1. The first kappa shape index (κ1) is 53.5. The van der Waals surface area contributed by atoms with E-state index in [1.807, 2.05) is 21.1 Å². The van der Waals surface area contributed by atoms with Crippen LogP contribution >= 0.6 is 7.82 Å². The monoisotopic (exact) mass is 790 g/mol. The standard InChI is InChI=1S/C45H93N2O6P/c1-6-8-10-12-13-14-15-16-17-18-19-20-21-22-23-24-25-26-27-28-29-30-31-32-33-34-35-36-38-44(48)43(46-45(49)39-37-11-9-7-2)42-53-54(50,51)52-41-40-47(3,4)5/h43-44,48H,6-42H2,1-5H3,(H-,46,49,50,51)/p+1. The SMILES string of the molecule is CCCCCCCCCCCCCCCCCCCCCCCCCCCCCCC(O)C(COP(=O)(O)OCC[N+](C)(C)C)NC(=O)CCCCCC. The van der Waals surface area contributed by atoms with Gasteiger partial charge in [0.1, 0.15) is 13.2 Å². The number of unbranched alkanes of at least 4 members (excludes halogenated alkanes) is 30. The summed E-state index contributed by atoms with van der Waals surface area (Å²) in [5.74, 6) is -0.159. The third-order valence-corrected chi connectivity index (χ3v) is 11.8. The molecule has 3 N–H and O–H groups in total. The largest absolute Gasteiger partial charge is 0.472 e. The normalized spacial score (nSPS) is 14.3. The van der Waals surface area contributed by atoms with Crippen LogP contribution in [0.3, 0.4) is 0 Å². The van der Waals surface area contributed by atoms with Gasteiger partial charge in [0.15, 0.2) is 0 Å². The van der Waals surface area contributed by atoms with E-state index in [-0.39, 0.29) is 19.1 Å². The lowest BCUT2D eigenvalue weighted by atomic mass is 10.0. The number of likely N-dealkylation sites (N-methyl/N-ethyl adjacent to an activating group) is 1. The van der Waals surface area contributed by atoms with Crippen molar-refractivity contribution in [1.82, 2.24) is 5.32 Å². The Morgan fingerprint density at radius 2 is 0.889 bits per heavy atom. The summed E-state index contributed by atoms with van der Waals surface area (Å²) in [5, 5.41) is 13.8. The zero-order valence-corrected chi connectivity index (χ0v) is 37.6. The molecule has 0 spiro atoms. The summed E-state index contributed by atoms with van der Waals surface area (Å²) < 4.78 is 23.4. The van der Waals surface area contributed by atoms with Gasteiger partial charge in [0.25, 0.3) is 0 Å². The maximum atomic E-state index is 12.6. The second-order valence-electron chi connectivity index (χ2n) is 17.5. The third-order valence-electron chi connectivity index (χ3n) is 10.9. The number of aliphatic hydroxyl groups is 1. The summed E-state index contributed by atoms with van der Waals surface area (Å²) in [6.45, 7) is 4.79. The van der Waals surface area contributed by atoms with Crippen molar-refractivity contribution < 1.29 is 32.9 Å². The highest BCUT2D eigenvalue weighted by Gasteiger charge is 2.28. The van der Waals surface area contributed by atoms with E-state index in [0.717, 1.165) is 44.9 Å². The molecular weight excluding hydrogens is 695 g/mol. The molecule has 0 aromatic carbocycles. The number of nitrogens with one attached hydrogen (secondary N) is 1. The minimum absolute atomic E-state index is 0.0773. The molecule has 0 saturated carbocycles. The first-order valence-electron chi connectivity index (χ1n) is 23.4. The highest BCUT2D eigenvalue weighted by atomic mass is 31.2. The second-order valence-corrected chi connectivity index (χ2v) is 19.0. The van der Waals surface area contributed by atoms with Gasteiger partial charge >= 0.3 is 7.82 Å². The number of hydrogen-bond donors (Lipinski definition) is 3. The summed E-state index contributed by atoms with van der Waals surface area (Å²) >= 11 is 0. The predicted octanol–water partition coefficient (Wildman–Crippen LogP) is 13.0. The smallest absolute Gasteiger partial charge is 0.391 e. The third kappa shape index (κ3) is 39.7. The Morgan fingerprint density at radius 1 is 0.556 bits per heavy atom. The van der Waals surface area contributed by atoms with Crippen LogP contribution in [0.15, 0.2) is 0 Å². The Bertz CT molecular complexity index is 855. The molecule has 54 heavy (non-hydrogen) atoms. The molecule has 0 saturated heterocycles. The molecule has 1 amide bonds. The predicted molar refractivity (Wildman–Crippen MR) is 231 cm³/mol. The average Bonchev–Trinajstić information content (AvgIpc) is 3.12. The van der Waals surface area contributed by atoms with Crippen molar-refractivity contribution in [2.45, 2.75) is 244 Å². The van der Waals surface area contributed by atoms with E-state index in [2.05, 4.69) is 19.2 Å². The number of amides is 1. The van der Waals surface area contributed by atoms with Gasteiger partial charge in [-0.2, -0.15) is 0 Å². The summed E-state index contributed by atoms with van der Waals surface area (Å²) in [7, 11) is 1.62. The number of aliphatic hydroxyl groups excluding tert-OH is 1.